The average molecular weight is 465 g/mol. The fraction of sp³-hybridized carbons (Fsp3) is 0.226. The number of aryl methyl sites for hydroxylation is 1. The Hall–Kier alpha value is -3.92. The molecule has 178 valence electrons. The molecule has 0 saturated heterocycles. The molecule has 0 spiro atoms. The normalized spacial score (nSPS) is 11.7. The van der Waals surface area contributed by atoms with E-state index in [1.54, 1.807) is 4.90 Å². The van der Waals surface area contributed by atoms with Gasteiger partial charge < -0.3 is 10.2 Å². The summed E-state index contributed by atoms with van der Waals surface area (Å²) in [5, 5.41) is 5.29. The minimum absolute atomic E-state index is 0.0195. The maximum Gasteiger partial charge on any atom is 0.243 e. The predicted octanol–water partition coefficient (Wildman–Crippen LogP) is 5.55. The molecule has 4 nitrogen and oxygen atoms in total. The summed E-state index contributed by atoms with van der Waals surface area (Å²) in [4.78, 5) is 28.7. The van der Waals surface area contributed by atoms with Crippen LogP contribution in [0.3, 0.4) is 0 Å². The molecule has 0 unspecified atom stereocenters. The number of nitrogens with one attached hydrogen (secondary N) is 1. The summed E-state index contributed by atoms with van der Waals surface area (Å²) in [5.74, 6) is -0.139. The molecular weight excluding hydrogens is 432 g/mol. The molecule has 1 N–H and O–H groups in total. The number of rotatable bonds is 10. The van der Waals surface area contributed by atoms with Crippen molar-refractivity contribution in [2.45, 2.75) is 38.8 Å². The molecule has 0 radical (unpaired) electrons. The summed E-state index contributed by atoms with van der Waals surface area (Å²) in [6, 6.07) is 33.7. The molecule has 0 aliphatic rings. The maximum atomic E-state index is 13.7. The lowest BCUT2D eigenvalue weighted by molar-refractivity contribution is -0.141. The van der Waals surface area contributed by atoms with Gasteiger partial charge in [-0.3, -0.25) is 9.59 Å². The fourth-order valence-electron chi connectivity index (χ4n) is 4.52. The Bertz CT molecular complexity index is 1250. The van der Waals surface area contributed by atoms with Gasteiger partial charge in [0.2, 0.25) is 11.8 Å². The molecule has 0 saturated carbocycles. The van der Waals surface area contributed by atoms with E-state index < -0.39 is 6.04 Å². The van der Waals surface area contributed by atoms with Gasteiger partial charge in [0.1, 0.15) is 6.04 Å². The molecule has 0 heterocycles. The third-order valence-electron chi connectivity index (χ3n) is 6.31. The third kappa shape index (κ3) is 6.36. The van der Waals surface area contributed by atoms with Crippen LogP contribution < -0.4 is 5.32 Å². The Labute approximate surface area is 207 Å². The zero-order chi connectivity index (χ0) is 24.5. The highest BCUT2D eigenvalue weighted by atomic mass is 16.2. The van der Waals surface area contributed by atoms with E-state index in [9.17, 15) is 9.59 Å². The topological polar surface area (TPSA) is 49.4 Å². The van der Waals surface area contributed by atoms with Crippen LogP contribution in [-0.2, 0) is 29.0 Å². The molecule has 0 aliphatic heterocycles. The van der Waals surface area contributed by atoms with Crippen LogP contribution in [0.2, 0.25) is 0 Å². The molecule has 0 bridgehead atoms. The van der Waals surface area contributed by atoms with E-state index in [1.165, 1.54) is 10.8 Å². The van der Waals surface area contributed by atoms with Crippen LogP contribution in [0.5, 0.6) is 0 Å². The Morgan fingerprint density at radius 3 is 2.11 bits per heavy atom. The van der Waals surface area contributed by atoms with Gasteiger partial charge in [-0.1, -0.05) is 103 Å². The van der Waals surface area contributed by atoms with Crippen LogP contribution in [-0.4, -0.2) is 29.3 Å². The summed E-state index contributed by atoms with van der Waals surface area (Å²) in [6.07, 6.45) is 1.43. The second kappa shape index (κ2) is 12.0. The van der Waals surface area contributed by atoms with E-state index in [4.69, 9.17) is 0 Å². The van der Waals surface area contributed by atoms with Gasteiger partial charge in [-0.05, 0) is 40.8 Å². The largest absolute Gasteiger partial charge is 0.355 e. The standard InChI is InChI=1S/C31H32N2O2/c1-2-32-31(35)29(22-24-12-5-3-6-13-24)33(23-25-14-7-4-8-15-25)30(34)21-20-27-18-11-17-26-16-9-10-19-28(26)27/h3-19,29H,2,20-23H2,1H3,(H,32,35)/t29-/m0/s1. The van der Waals surface area contributed by atoms with Gasteiger partial charge in [-0.15, -0.1) is 0 Å². The molecule has 1 atom stereocenters. The number of likely N-dealkylation sites (N-methyl/N-ethyl adjacent to an activating group) is 1. The van der Waals surface area contributed by atoms with E-state index in [-0.39, 0.29) is 11.8 Å². The number of carbonyl (C=O) groups excluding carboxylic acids is 2. The van der Waals surface area contributed by atoms with Crippen molar-refractivity contribution in [3.63, 3.8) is 0 Å². The van der Waals surface area contributed by atoms with Crippen molar-refractivity contribution in [1.82, 2.24) is 10.2 Å². The number of fused-ring (bicyclic) bond motifs is 1. The van der Waals surface area contributed by atoms with Gasteiger partial charge in [-0.25, -0.2) is 0 Å². The first-order valence-electron chi connectivity index (χ1n) is 12.3. The first-order chi connectivity index (χ1) is 17.2. The quantitative estimate of drug-likeness (QED) is 0.335. The van der Waals surface area contributed by atoms with E-state index in [2.05, 4.69) is 29.6 Å². The van der Waals surface area contributed by atoms with Crippen molar-refractivity contribution in [2.75, 3.05) is 6.54 Å². The van der Waals surface area contributed by atoms with E-state index >= 15 is 0 Å². The Morgan fingerprint density at radius 1 is 0.771 bits per heavy atom. The number of nitrogens with zero attached hydrogens (tertiary/aromatic N) is 1. The molecule has 35 heavy (non-hydrogen) atoms. The number of amides is 2. The predicted molar refractivity (Wildman–Crippen MR) is 142 cm³/mol. The Kier molecular flexibility index (Phi) is 8.29. The van der Waals surface area contributed by atoms with Gasteiger partial charge >= 0.3 is 0 Å². The number of hydrogen-bond donors (Lipinski definition) is 1. The van der Waals surface area contributed by atoms with Crippen molar-refractivity contribution in [2.24, 2.45) is 0 Å². The summed E-state index contributed by atoms with van der Waals surface area (Å²) >= 11 is 0. The number of benzene rings is 4. The SMILES string of the molecule is CCNC(=O)[C@H](Cc1ccccc1)N(Cc1ccccc1)C(=O)CCc1cccc2ccccc12. The summed E-state index contributed by atoms with van der Waals surface area (Å²) in [6.45, 7) is 2.82. The van der Waals surface area contributed by atoms with Crippen LogP contribution in [0.1, 0.15) is 30.0 Å². The van der Waals surface area contributed by atoms with Crippen molar-refractivity contribution in [3.8, 4) is 0 Å². The highest BCUT2D eigenvalue weighted by Gasteiger charge is 2.29. The Balaban J connectivity index is 1.61. The highest BCUT2D eigenvalue weighted by Crippen LogP contribution is 2.21. The van der Waals surface area contributed by atoms with Gasteiger partial charge in [-0.2, -0.15) is 0 Å². The summed E-state index contributed by atoms with van der Waals surface area (Å²) in [5.41, 5.74) is 3.19. The van der Waals surface area contributed by atoms with Gasteiger partial charge in [0, 0.05) is 25.9 Å². The molecule has 2 amide bonds. The molecule has 4 aromatic rings. The minimum Gasteiger partial charge on any atom is -0.355 e. The Morgan fingerprint density at radius 2 is 1.40 bits per heavy atom. The van der Waals surface area contributed by atoms with Crippen molar-refractivity contribution in [1.29, 1.82) is 0 Å². The zero-order valence-corrected chi connectivity index (χ0v) is 20.2. The van der Waals surface area contributed by atoms with Crippen LogP contribution in [0, 0.1) is 0 Å². The molecule has 4 aromatic carbocycles. The van der Waals surface area contributed by atoms with Crippen LogP contribution in [0.25, 0.3) is 10.8 Å². The molecule has 0 fully saturated rings. The van der Waals surface area contributed by atoms with E-state index in [0.29, 0.717) is 32.4 Å². The average Bonchev–Trinajstić information content (AvgIpc) is 2.90. The smallest absolute Gasteiger partial charge is 0.243 e. The van der Waals surface area contributed by atoms with Crippen molar-refractivity contribution >= 4 is 22.6 Å². The van der Waals surface area contributed by atoms with Crippen molar-refractivity contribution in [3.05, 3.63) is 120 Å². The van der Waals surface area contributed by atoms with Crippen LogP contribution in [0.15, 0.2) is 103 Å². The lowest BCUT2D eigenvalue weighted by atomic mass is 9.99. The third-order valence-corrected chi connectivity index (χ3v) is 6.31. The summed E-state index contributed by atoms with van der Waals surface area (Å²) < 4.78 is 0. The van der Waals surface area contributed by atoms with Gasteiger partial charge in [0.05, 0.1) is 0 Å². The maximum absolute atomic E-state index is 13.7. The second-order valence-corrected chi connectivity index (χ2v) is 8.75. The summed E-state index contributed by atoms with van der Waals surface area (Å²) in [7, 11) is 0. The zero-order valence-electron chi connectivity index (χ0n) is 20.2. The number of carbonyl (C=O) groups is 2. The van der Waals surface area contributed by atoms with E-state index in [0.717, 1.165) is 16.7 Å². The van der Waals surface area contributed by atoms with Crippen LogP contribution >= 0.6 is 0 Å². The fourth-order valence-corrected chi connectivity index (χ4v) is 4.52. The first kappa shape index (κ1) is 24.2. The molecule has 0 aromatic heterocycles. The van der Waals surface area contributed by atoms with Gasteiger partial charge in [0.15, 0.2) is 0 Å². The number of hydrogen-bond acceptors (Lipinski definition) is 2. The van der Waals surface area contributed by atoms with Gasteiger partial charge in [0.25, 0.3) is 0 Å². The molecule has 4 rings (SSSR count). The lowest BCUT2D eigenvalue weighted by Gasteiger charge is -2.31. The molecule has 0 aliphatic carbocycles. The monoisotopic (exact) mass is 464 g/mol. The molecular formula is C31H32N2O2. The van der Waals surface area contributed by atoms with Crippen molar-refractivity contribution < 1.29 is 9.59 Å². The first-order valence-corrected chi connectivity index (χ1v) is 12.3. The second-order valence-electron chi connectivity index (χ2n) is 8.75. The lowest BCUT2D eigenvalue weighted by Crippen LogP contribution is -2.50. The highest BCUT2D eigenvalue weighted by molar-refractivity contribution is 5.89. The van der Waals surface area contributed by atoms with Crippen LogP contribution in [0.4, 0.5) is 0 Å². The van der Waals surface area contributed by atoms with E-state index in [1.807, 2.05) is 85.8 Å². The minimum atomic E-state index is -0.586. The molecule has 4 heteroatoms.